The van der Waals surface area contributed by atoms with Gasteiger partial charge in [0.2, 0.25) is 0 Å². The van der Waals surface area contributed by atoms with Gasteiger partial charge in [-0.15, -0.1) is 11.6 Å². The van der Waals surface area contributed by atoms with Crippen molar-refractivity contribution in [2.75, 3.05) is 0 Å². The molecular formula is C3H6ClOSi. The van der Waals surface area contributed by atoms with E-state index in [2.05, 4.69) is 0 Å². The van der Waals surface area contributed by atoms with E-state index in [0.29, 0.717) is 0 Å². The maximum Gasteiger partial charge on any atom is 0.345 e. The van der Waals surface area contributed by atoms with Crippen molar-refractivity contribution in [1.29, 1.82) is 0 Å². The molecule has 0 amide bonds. The van der Waals surface area contributed by atoms with E-state index < -0.39 is 0 Å². The van der Waals surface area contributed by atoms with Crippen LogP contribution < -0.4 is 0 Å². The molecule has 0 aromatic heterocycles. The molecule has 1 atom stereocenters. The third kappa shape index (κ3) is 2.54. The Morgan fingerprint density at radius 1 is 2.00 bits per heavy atom. The Hall–Kier alpha value is 0.307. The standard InChI is InChI=1S/C3H6ClOSi/c1-2-3(4)6-5/h3H,2H2,1H3. The van der Waals surface area contributed by atoms with Crippen LogP contribution in [-0.4, -0.2) is 14.4 Å². The third-order valence-corrected chi connectivity index (χ3v) is 1.73. The van der Waals surface area contributed by atoms with Crippen molar-refractivity contribution in [1.82, 2.24) is 0 Å². The Morgan fingerprint density at radius 2 is 2.50 bits per heavy atom. The van der Waals surface area contributed by atoms with Gasteiger partial charge in [0.25, 0.3) is 0 Å². The molecule has 35 valence electrons. The lowest BCUT2D eigenvalue weighted by atomic mass is 10.6. The van der Waals surface area contributed by atoms with Gasteiger partial charge in [0, 0.05) is 0 Å². The van der Waals surface area contributed by atoms with Gasteiger partial charge in [-0.3, -0.25) is 0 Å². The van der Waals surface area contributed by atoms with Crippen LogP contribution in [-0.2, 0) is 4.46 Å². The minimum absolute atomic E-state index is 0.120. The molecule has 1 radical (unpaired) electrons. The van der Waals surface area contributed by atoms with Crippen LogP contribution in [0.3, 0.4) is 0 Å². The van der Waals surface area contributed by atoms with Crippen LogP contribution in [0, 0.1) is 0 Å². The van der Waals surface area contributed by atoms with Crippen LogP contribution in [0.5, 0.6) is 0 Å². The number of hydrogen-bond donors (Lipinski definition) is 0. The van der Waals surface area contributed by atoms with E-state index in [4.69, 9.17) is 11.6 Å². The summed E-state index contributed by atoms with van der Waals surface area (Å²) >= 11 is 5.35. The highest BCUT2D eigenvalue weighted by Gasteiger charge is 1.95. The smallest absolute Gasteiger partial charge is 0.345 e. The van der Waals surface area contributed by atoms with Gasteiger partial charge < -0.3 is 4.46 Å². The first-order chi connectivity index (χ1) is 2.81. The summed E-state index contributed by atoms with van der Waals surface area (Å²) in [5.41, 5.74) is 0. The van der Waals surface area contributed by atoms with Crippen molar-refractivity contribution in [3.63, 3.8) is 0 Å². The molecule has 0 aromatic rings. The summed E-state index contributed by atoms with van der Waals surface area (Å²) < 4.78 is 9.76. The highest BCUT2D eigenvalue weighted by atomic mass is 35.5. The molecule has 3 heteroatoms. The van der Waals surface area contributed by atoms with E-state index in [-0.39, 0.29) is 14.4 Å². The van der Waals surface area contributed by atoms with Crippen LogP contribution in [0.15, 0.2) is 0 Å². The number of halogens is 1. The minimum Gasteiger partial charge on any atom is -0.383 e. The molecule has 0 rings (SSSR count). The second-order valence-electron chi connectivity index (χ2n) is 0.994. The predicted molar refractivity (Wildman–Crippen MR) is 26.4 cm³/mol. The summed E-state index contributed by atoms with van der Waals surface area (Å²) in [6, 6.07) is 0. The molecular weight excluding hydrogens is 116 g/mol. The SMILES string of the molecule is CCC(Cl)[Si]=O. The Kier molecular flexibility index (Phi) is 3.67. The molecule has 0 aliphatic heterocycles. The Morgan fingerprint density at radius 3 is 2.50 bits per heavy atom. The molecule has 0 fully saturated rings. The normalized spacial score (nSPS) is 13.7. The van der Waals surface area contributed by atoms with E-state index in [1.807, 2.05) is 6.92 Å². The minimum atomic E-state index is -0.353. The highest BCUT2D eigenvalue weighted by Crippen LogP contribution is 1.92. The number of alkyl halides is 1. The Bertz CT molecular complexity index is 48.1. The Balaban J connectivity index is 2.96. The zero-order valence-corrected chi connectivity index (χ0v) is 5.33. The maximum atomic E-state index is 9.76. The summed E-state index contributed by atoms with van der Waals surface area (Å²) in [5.74, 6) is 0. The predicted octanol–water partition coefficient (Wildman–Crippen LogP) is 1.01. The van der Waals surface area contributed by atoms with Crippen LogP contribution in [0.25, 0.3) is 0 Å². The first kappa shape index (κ1) is 6.31. The van der Waals surface area contributed by atoms with E-state index in [1.165, 1.54) is 0 Å². The summed E-state index contributed by atoms with van der Waals surface area (Å²) in [4.78, 5) is 0. The lowest BCUT2D eigenvalue weighted by molar-refractivity contribution is 0.573. The van der Waals surface area contributed by atoms with Gasteiger partial charge in [-0.25, -0.2) is 0 Å². The lowest BCUT2D eigenvalue weighted by Gasteiger charge is -1.84. The molecule has 1 nitrogen and oxygen atoms in total. The van der Waals surface area contributed by atoms with E-state index >= 15 is 0 Å². The molecule has 0 bridgehead atoms. The summed E-state index contributed by atoms with van der Waals surface area (Å²) in [7, 11) is -0.353. The second kappa shape index (κ2) is 3.50. The maximum absolute atomic E-state index is 9.76. The van der Waals surface area contributed by atoms with Gasteiger partial charge >= 0.3 is 9.41 Å². The fourth-order valence-corrected chi connectivity index (χ4v) is 0.250. The molecule has 6 heavy (non-hydrogen) atoms. The van der Waals surface area contributed by atoms with Crippen LogP contribution >= 0.6 is 11.6 Å². The number of rotatable bonds is 2. The summed E-state index contributed by atoms with van der Waals surface area (Å²) in [5, 5.41) is -0.120. The fourth-order valence-electron chi connectivity index (χ4n) is 0.0833. The molecule has 0 heterocycles. The van der Waals surface area contributed by atoms with Gasteiger partial charge in [-0.05, 0) is 6.42 Å². The first-order valence-electron chi connectivity index (χ1n) is 1.83. The summed E-state index contributed by atoms with van der Waals surface area (Å²) in [6.45, 7) is 1.91. The second-order valence-corrected chi connectivity index (χ2v) is 2.82. The molecule has 0 aliphatic rings. The molecule has 0 saturated heterocycles. The topological polar surface area (TPSA) is 17.1 Å². The molecule has 0 saturated carbocycles. The number of hydrogen-bond acceptors (Lipinski definition) is 1. The van der Waals surface area contributed by atoms with Gasteiger partial charge in [-0.1, -0.05) is 6.92 Å². The van der Waals surface area contributed by atoms with Gasteiger partial charge in [0.15, 0.2) is 0 Å². The fraction of sp³-hybridized carbons (Fsp3) is 1.00. The monoisotopic (exact) mass is 121 g/mol. The summed E-state index contributed by atoms with van der Waals surface area (Å²) in [6.07, 6.45) is 0.795. The molecule has 0 aliphatic carbocycles. The molecule has 0 spiro atoms. The van der Waals surface area contributed by atoms with Gasteiger partial charge in [0.1, 0.15) is 0 Å². The van der Waals surface area contributed by atoms with Gasteiger partial charge in [0.05, 0.1) is 5.00 Å². The van der Waals surface area contributed by atoms with Crippen molar-refractivity contribution in [2.45, 2.75) is 18.3 Å². The van der Waals surface area contributed by atoms with E-state index in [0.717, 1.165) is 6.42 Å². The van der Waals surface area contributed by atoms with Crippen molar-refractivity contribution in [2.24, 2.45) is 0 Å². The average Bonchev–Trinajstić information content (AvgIpc) is 1.65. The third-order valence-electron chi connectivity index (χ3n) is 0.486. The van der Waals surface area contributed by atoms with Crippen molar-refractivity contribution in [3.8, 4) is 0 Å². The molecule has 0 N–H and O–H groups in total. The quantitative estimate of drug-likeness (QED) is 0.394. The zero-order valence-electron chi connectivity index (χ0n) is 3.57. The molecule has 0 aromatic carbocycles. The van der Waals surface area contributed by atoms with Crippen molar-refractivity contribution < 1.29 is 4.46 Å². The first-order valence-corrected chi connectivity index (χ1v) is 3.25. The van der Waals surface area contributed by atoms with Crippen LogP contribution in [0.1, 0.15) is 13.3 Å². The Labute approximate surface area is 44.6 Å². The van der Waals surface area contributed by atoms with Crippen LogP contribution in [0.4, 0.5) is 0 Å². The van der Waals surface area contributed by atoms with Gasteiger partial charge in [-0.2, -0.15) is 0 Å². The van der Waals surface area contributed by atoms with E-state index in [9.17, 15) is 4.46 Å². The highest BCUT2D eigenvalue weighted by molar-refractivity contribution is 6.43. The van der Waals surface area contributed by atoms with Crippen LogP contribution in [0.2, 0.25) is 0 Å². The van der Waals surface area contributed by atoms with Crippen molar-refractivity contribution in [3.05, 3.63) is 0 Å². The van der Waals surface area contributed by atoms with E-state index in [1.54, 1.807) is 0 Å². The van der Waals surface area contributed by atoms with Crippen molar-refractivity contribution >= 4 is 21.0 Å². The largest absolute Gasteiger partial charge is 0.383 e. The zero-order chi connectivity index (χ0) is 4.99. The average molecular weight is 122 g/mol. The lowest BCUT2D eigenvalue weighted by Crippen LogP contribution is -1.96. The molecule has 1 unspecified atom stereocenters.